The Bertz CT molecular complexity index is 197. The highest BCUT2D eigenvalue weighted by Gasteiger charge is 2.35. The van der Waals surface area contributed by atoms with Crippen molar-refractivity contribution in [3.8, 4) is 0 Å². The van der Waals surface area contributed by atoms with Crippen molar-refractivity contribution in [1.82, 2.24) is 4.90 Å². The Morgan fingerprint density at radius 1 is 1.45 bits per heavy atom. The SMILES string of the molecule is CC(C)(C)N1C=C2CC[C@@H]1C2. The lowest BCUT2D eigenvalue weighted by Crippen LogP contribution is -2.41. The van der Waals surface area contributed by atoms with Crippen LogP contribution in [0, 0.1) is 0 Å². The van der Waals surface area contributed by atoms with Gasteiger partial charge in [0.05, 0.1) is 0 Å². The number of fused-ring (bicyclic) bond motifs is 2. The maximum Gasteiger partial charge on any atom is 0.0330 e. The first kappa shape index (κ1) is 7.20. The highest BCUT2D eigenvalue weighted by molar-refractivity contribution is 5.19. The molecule has 2 rings (SSSR count). The van der Waals surface area contributed by atoms with E-state index in [-0.39, 0.29) is 0 Å². The lowest BCUT2D eigenvalue weighted by molar-refractivity contribution is 0.156. The summed E-state index contributed by atoms with van der Waals surface area (Å²) in [6.07, 6.45) is 6.48. The fourth-order valence-electron chi connectivity index (χ4n) is 2.26. The van der Waals surface area contributed by atoms with Crippen molar-refractivity contribution >= 4 is 0 Å². The molecule has 0 amide bonds. The van der Waals surface area contributed by atoms with Gasteiger partial charge in [0.2, 0.25) is 0 Å². The standard InChI is InChI=1S/C10H17N/c1-10(2,3)11-7-8-4-5-9(11)6-8/h7,9H,4-6H2,1-3H3/t9-/m1/s1. The first-order valence-corrected chi connectivity index (χ1v) is 4.55. The molecule has 0 radical (unpaired) electrons. The van der Waals surface area contributed by atoms with E-state index in [1.807, 2.05) is 0 Å². The summed E-state index contributed by atoms with van der Waals surface area (Å²) in [7, 11) is 0. The molecular formula is C10H17N. The van der Waals surface area contributed by atoms with Crippen LogP contribution in [0.15, 0.2) is 11.8 Å². The van der Waals surface area contributed by atoms with Crippen molar-refractivity contribution in [3.05, 3.63) is 11.8 Å². The van der Waals surface area contributed by atoms with Gasteiger partial charge in [-0.05, 0) is 46.2 Å². The highest BCUT2D eigenvalue weighted by Crippen LogP contribution is 2.39. The van der Waals surface area contributed by atoms with Gasteiger partial charge in [-0.15, -0.1) is 0 Å². The molecule has 0 aromatic heterocycles. The quantitative estimate of drug-likeness (QED) is 0.514. The predicted molar refractivity (Wildman–Crippen MR) is 47.3 cm³/mol. The molecule has 2 aliphatic rings. The molecule has 0 aromatic rings. The van der Waals surface area contributed by atoms with E-state index in [0.29, 0.717) is 5.54 Å². The number of nitrogens with zero attached hydrogens (tertiary/aromatic N) is 1. The fourth-order valence-corrected chi connectivity index (χ4v) is 2.26. The van der Waals surface area contributed by atoms with Crippen LogP contribution in [-0.2, 0) is 0 Å². The highest BCUT2D eigenvalue weighted by atomic mass is 15.2. The maximum absolute atomic E-state index is 2.53. The largest absolute Gasteiger partial charge is 0.369 e. The van der Waals surface area contributed by atoms with Crippen LogP contribution in [0.4, 0.5) is 0 Å². The van der Waals surface area contributed by atoms with E-state index in [9.17, 15) is 0 Å². The Labute approximate surface area is 69.1 Å². The number of hydrogen-bond acceptors (Lipinski definition) is 1. The molecule has 0 N–H and O–H groups in total. The van der Waals surface area contributed by atoms with Gasteiger partial charge in [0.25, 0.3) is 0 Å². The van der Waals surface area contributed by atoms with Crippen LogP contribution in [-0.4, -0.2) is 16.5 Å². The smallest absolute Gasteiger partial charge is 0.0330 e. The molecule has 0 spiro atoms. The summed E-state index contributed by atoms with van der Waals surface area (Å²) >= 11 is 0. The molecule has 1 heterocycles. The third kappa shape index (κ3) is 1.07. The monoisotopic (exact) mass is 151 g/mol. The molecular weight excluding hydrogens is 134 g/mol. The molecule has 0 saturated heterocycles. The topological polar surface area (TPSA) is 3.24 Å². The molecule has 1 aliphatic carbocycles. The second-order valence-corrected chi connectivity index (χ2v) is 4.76. The summed E-state index contributed by atoms with van der Waals surface area (Å²) in [5.41, 5.74) is 2.01. The lowest BCUT2D eigenvalue weighted by Gasteiger charge is -2.38. The van der Waals surface area contributed by atoms with Crippen LogP contribution in [0.2, 0.25) is 0 Å². The van der Waals surface area contributed by atoms with E-state index in [2.05, 4.69) is 31.9 Å². The Morgan fingerprint density at radius 2 is 2.18 bits per heavy atom. The molecule has 1 heteroatoms. The van der Waals surface area contributed by atoms with Crippen LogP contribution in [0.3, 0.4) is 0 Å². The minimum atomic E-state index is 0.340. The summed E-state index contributed by atoms with van der Waals surface area (Å²) in [5, 5.41) is 0. The number of rotatable bonds is 0. The molecule has 62 valence electrons. The van der Waals surface area contributed by atoms with Crippen molar-refractivity contribution in [2.75, 3.05) is 0 Å². The van der Waals surface area contributed by atoms with E-state index >= 15 is 0 Å². The van der Waals surface area contributed by atoms with Gasteiger partial charge in [0.15, 0.2) is 0 Å². The van der Waals surface area contributed by atoms with Gasteiger partial charge in [-0.25, -0.2) is 0 Å². The molecule has 1 atom stereocenters. The van der Waals surface area contributed by atoms with E-state index in [0.717, 1.165) is 6.04 Å². The second-order valence-electron chi connectivity index (χ2n) is 4.76. The summed E-state index contributed by atoms with van der Waals surface area (Å²) in [4.78, 5) is 2.53. The molecule has 0 aromatic carbocycles. The third-order valence-electron chi connectivity index (χ3n) is 2.79. The summed E-state index contributed by atoms with van der Waals surface area (Å²) < 4.78 is 0. The molecule has 11 heavy (non-hydrogen) atoms. The predicted octanol–water partition coefficient (Wildman–Crippen LogP) is 2.54. The minimum Gasteiger partial charge on any atom is -0.369 e. The average molecular weight is 151 g/mol. The van der Waals surface area contributed by atoms with E-state index < -0.39 is 0 Å². The Hall–Kier alpha value is -0.460. The van der Waals surface area contributed by atoms with Gasteiger partial charge < -0.3 is 4.90 Å². The van der Waals surface area contributed by atoms with Gasteiger partial charge in [0, 0.05) is 11.6 Å². The van der Waals surface area contributed by atoms with Gasteiger partial charge in [0.1, 0.15) is 0 Å². The first-order chi connectivity index (χ1) is 5.07. The van der Waals surface area contributed by atoms with Crippen molar-refractivity contribution in [1.29, 1.82) is 0 Å². The Kier molecular flexibility index (Phi) is 1.33. The molecule has 1 fully saturated rings. The van der Waals surface area contributed by atoms with Crippen LogP contribution >= 0.6 is 0 Å². The van der Waals surface area contributed by atoms with Gasteiger partial charge in [-0.3, -0.25) is 0 Å². The van der Waals surface area contributed by atoms with E-state index in [4.69, 9.17) is 0 Å². The molecule has 1 aliphatic heterocycles. The number of hydrogen-bond donors (Lipinski definition) is 0. The van der Waals surface area contributed by atoms with Crippen molar-refractivity contribution in [2.45, 2.75) is 51.6 Å². The Morgan fingerprint density at radius 3 is 2.45 bits per heavy atom. The Balaban J connectivity index is 2.20. The first-order valence-electron chi connectivity index (χ1n) is 4.55. The van der Waals surface area contributed by atoms with Gasteiger partial charge >= 0.3 is 0 Å². The molecule has 2 bridgehead atoms. The zero-order chi connectivity index (χ0) is 8.06. The zero-order valence-electron chi connectivity index (χ0n) is 7.72. The van der Waals surface area contributed by atoms with Crippen LogP contribution < -0.4 is 0 Å². The van der Waals surface area contributed by atoms with Gasteiger partial charge in [-0.2, -0.15) is 0 Å². The van der Waals surface area contributed by atoms with Crippen molar-refractivity contribution in [2.24, 2.45) is 0 Å². The molecule has 1 saturated carbocycles. The average Bonchev–Trinajstić information content (AvgIpc) is 2.42. The van der Waals surface area contributed by atoms with Gasteiger partial charge in [-0.1, -0.05) is 5.57 Å². The lowest BCUT2D eigenvalue weighted by atomic mass is 10.0. The van der Waals surface area contributed by atoms with Crippen molar-refractivity contribution in [3.63, 3.8) is 0 Å². The minimum absolute atomic E-state index is 0.340. The third-order valence-corrected chi connectivity index (χ3v) is 2.79. The molecule has 0 unspecified atom stereocenters. The van der Waals surface area contributed by atoms with Crippen molar-refractivity contribution < 1.29 is 0 Å². The second kappa shape index (κ2) is 2.02. The van der Waals surface area contributed by atoms with Crippen LogP contribution in [0.25, 0.3) is 0 Å². The maximum atomic E-state index is 2.53. The normalized spacial score (nSPS) is 29.5. The van der Waals surface area contributed by atoms with E-state index in [1.54, 1.807) is 5.57 Å². The summed E-state index contributed by atoms with van der Waals surface area (Å²) in [6.45, 7) is 6.89. The molecule has 1 nitrogen and oxygen atoms in total. The zero-order valence-corrected chi connectivity index (χ0v) is 7.72. The van der Waals surface area contributed by atoms with E-state index in [1.165, 1.54) is 19.3 Å². The summed E-state index contributed by atoms with van der Waals surface area (Å²) in [6, 6.07) is 0.838. The van der Waals surface area contributed by atoms with Crippen LogP contribution in [0.5, 0.6) is 0 Å². The summed E-state index contributed by atoms with van der Waals surface area (Å²) in [5.74, 6) is 0. The van der Waals surface area contributed by atoms with Crippen LogP contribution in [0.1, 0.15) is 40.0 Å². The fraction of sp³-hybridized carbons (Fsp3) is 0.800.